The summed E-state index contributed by atoms with van der Waals surface area (Å²) in [4.78, 5) is 86.5. The number of carbonyl (C=O) groups excluding carboxylic acids is 6. The maximum Gasteiger partial charge on any atom is 0.306 e. The van der Waals surface area contributed by atoms with Crippen LogP contribution < -0.4 is 34.6 Å². The van der Waals surface area contributed by atoms with E-state index in [-0.39, 0.29) is 72.9 Å². The molecule has 21 nitrogen and oxygen atoms in total. The van der Waals surface area contributed by atoms with Gasteiger partial charge in [-0.25, -0.2) is 0 Å². The number of benzene rings is 5. The van der Waals surface area contributed by atoms with Crippen molar-refractivity contribution >= 4 is 92.2 Å². The molecule has 386 valence electrons. The number of methoxy groups -OCH3 is 4. The van der Waals surface area contributed by atoms with Crippen LogP contribution in [-0.2, 0) is 58.2 Å². The Hall–Kier alpha value is -8.63. The van der Waals surface area contributed by atoms with Crippen molar-refractivity contribution < 1.29 is 70.5 Å². The number of amides is 4. The summed E-state index contributed by atoms with van der Waals surface area (Å²) in [5, 5.41) is 15.6. The lowest BCUT2D eigenvalue weighted by Gasteiger charge is -2.22. The second kappa shape index (κ2) is 23.3. The van der Waals surface area contributed by atoms with E-state index in [1.165, 1.54) is 40.6 Å². The fraction of sp³-hybridized carbons (Fsp3) is 0.269. The highest BCUT2D eigenvalue weighted by atomic mass is 32.2. The molecule has 0 spiro atoms. The van der Waals surface area contributed by atoms with E-state index >= 15 is 0 Å². The number of phenolic OH excluding ortho intramolecular Hbond substituents is 1. The van der Waals surface area contributed by atoms with Gasteiger partial charge in [-0.3, -0.25) is 53.1 Å². The first-order valence-corrected chi connectivity index (χ1v) is 24.7. The van der Waals surface area contributed by atoms with Crippen LogP contribution in [0.4, 0.5) is 34.1 Å². The van der Waals surface area contributed by atoms with E-state index in [1.807, 2.05) is 42.5 Å². The Morgan fingerprint density at radius 3 is 1.55 bits per heavy atom. The van der Waals surface area contributed by atoms with Crippen molar-refractivity contribution in [2.24, 2.45) is 9.98 Å². The number of rotatable bonds is 13. The third-order valence-corrected chi connectivity index (χ3v) is 11.8. The first-order chi connectivity index (χ1) is 35.4. The number of fused-ring (bicyclic) bond motifs is 8. The summed E-state index contributed by atoms with van der Waals surface area (Å²) in [5.41, 5.74) is 6.94. The standard InChI is InChI=1S/C29H27N3O6.C22H21N3O6.CH4O3S/c1-36-25-14-22-23(15-26(25)38-17-18-6-4-3-5-7-18)30-16-21-12-19-8-9-20(13-24(19)32(21)29(22)35)31-27(33)10-11-28(34)37-2;1-30-19-9-15-16(10-18(19)26)23-11-14-7-12-3-4-13(8-17(12)25(14)22(15)29)24-20(27)5-6-21(28)31-2;1-5(2,3)4/h3-9,13-16,21H,10-12,17H2,1-2H3,(H,31,33);3-4,8-11,14,26H,5-7H2,1-2H3,(H,24,27);1H3,(H,2,3,4). The molecule has 22 heteroatoms. The van der Waals surface area contributed by atoms with Crippen LogP contribution in [0.3, 0.4) is 0 Å². The summed E-state index contributed by atoms with van der Waals surface area (Å²) in [6, 6.07) is 26.3. The van der Waals surface area contributed by atoms with Gasteiger partial charge < -0.3 is 39.4 Å². The van der Waals surface area contributed by atoms with Crippen LogP contribution in [0.5, 0.6) is 23.0 Å². The summed E-state index contributed by atoms with van der Waals surface area (Å²) in [6.07, 6.45) is 5.33. The molecule has 4 N–H and O–H groups in total. The Balaban J connectivity index is 0.000000202. The van der Waals surface area contributed by atoms with Gasteiger partial charge in [-0.2, -0.15) is 8.42 Å². The number of anilines is 4. The summed E-state index contributed by atoms with van der Waals surface area (Å²) in [7, 11) is 1.83. The Labute approximate surface area is 425 Å². The molecule has 4 aliphatic heterocycles. The molecule has 0 radical (unpaired) electrons. The molecule has 0 aromatic heterocycles. The van der Waals surface area contributed by atoms with Gasteiger partial charge in [-0.05, 0) is 53.1 Å². The smallest absolute Gasteiger partial charge is 0.306 e. The van der Waals surface area contributed by atoms with Crippen LogP contribution in [0.25, 0.3) is 0 Å². The molecule has 0 bridgehead atoms. The van der Waals surface area contributed by atoms with Gasteiger partial charge in [-0.1, -0.05) is 42.5 Å². The van der Waals surface area contributed by atoms with Crippen LogP contribution >= 0.6 is 0 Å². The zero-order valence-electron chi connectivity index (χ0n) is 40.8. The lowest BCUT2D eigenvalue weighted by molar-refractivity contribution is -0.142. The third kappa shape index (κ3) is 12.9. The van der Waals surface area contributed by atoms with Gasteiger partial charge in [0.05, 0.1) is 93.5 Å². The predicted molar refractivity (Wildman–Crippen MR) is 273 cm³/mol. The van der Waals surface area contributed by atoms with E-state index in [9.17, 15) is 42.3 Å². The molecule has 0 fully saturated rings. The number of phenols is 1. The molecule has 0 aliphatic carbocycles. The number of carbonyl (C=O) groups is 6. The number of nitrogens with zero attached hydrogens (tertiary/aromatic N) is 4. The number of aromatic hydroxyl groups is 1. The summed E-state index contributed by atoms with van der Waals surface area (Å²) >= 11 is 0. The number of hydrogen-bond donors (Lipinski definition) is 4. The molecular weight excluding hydrogens is 981 g/mol. The van der Waals surface area contributed by atoms with E-state index < -0.39 is 22.1 Å². The van der Waals surface area contributed by atoms with Gasteiger partial charge >= 0.3 is 11.9 Å². The van der Waals surface area contributed by atoms with E-state index in [2.05, 4.69) is 30.1 Å². The number of esters is 2. The van der Waals surface area contributed by atoms with Crippen molar-refractivity contribution in [1.29, 1.82) is 0 Å². The van der Waals surface area contributed by atoms with Gasteiger partial charge in [0.25, 0.3) is 21.9 Å². The highest BCUT2D eigenvalue weighted by Gasteiger charge is 2.38. The average Bonchev–Trinajstić information content (AvgIpc) is 3.86. The Kier molecular flexibility index (Phi) is 16.7. The van der Waals surface area contributed by atoms with E-state index in [1.54, 1.807) is 58.6 Å². The number of nitrogens with one attached hydrogen (secondary N) is 2. The molecular formula is C52H52N6O15S. The lowest BCUT2D eigenvalue weighted by Crippen LogP contribution is -2.37. The fourth-order valence-corrected chi connectivity index (χ4v) is 8.33. The number of ether oxygens (including phenoxy) is 5. The Bertz CT molecular complexity index is 3170. The maximum atomic E-state index is 13.8. The molecule has 5 aromatic carbocycles. The van der Waals surface area contributed by atoms with Crippen molar-refractivity contribution in [3.8, 4) is 23.0 Å². The first kappa shape index (κ1) is 53.2. The van der Waals surface area contributed by atoms with Crippen LogP contribution in [0, 0.1) is 0 Å². The Morgan fingerprint density at radius 2 is 1.09 bits per heavy atom. The topological polar surface area (TPSA) is 278 Å². The molecule has 5 aromatic rings. The monoisotopic (exact) mass is 1030 g/mol. The zero-order valence-corrected chi connectivity index (χ0v) is 41.6. The van der Waals surface area contributed by atoms with Gasteiger partial charge in [0.2, 0.25) is 11.8 Å². The molecule has 0 saturated heterocycles. The van der Waals surface area contributed by atoms with Gasteiger partial charge in [0.1, 0.15) is 6.61 Å². The van der Waals surface area contributed by atoms with Crippen LogP contribution in [0.15, 0.2) is 101 Å². The van der Waals surface area contributed by atoms with E-state index in [4.69, 9.17) is 18.8 Å². The zero-order chi connectivity index (χ0) is 53.3. The minimum atomic E-state index is -3.67. The van der Waals surface area contributed by atoms with Crippen LogP contribution in [-0.4, -0.2) is 113 Å². The van der Waals surface area contributed by atoms with Crippen LogP contribution in [0.1, 0.15) is 63.1 Å². The van der Waals surface area contributed by atoms with Gasteiger partial charge in [0, 0.05) is 61.6 Å². The molecule has 2 atom stereocenters. The average molecular weight is 1030 g/mol. The molecule has 4 heterocycles. The van der Waals surface area contributed by atoms with Crippen molar-refractivity contribution in [1.82, 2.24) is 0 Å². The third-order valence-electron chi connectivity index (χ3n) is 11.8. The molecule has 2 unspecified atom stereocenters. The minimum absolute atomic E-state index is 0.00164. The van der Waals surface area contributed by atoms with Crippen LogP contribution in [0.2, 0.25) is 0 Å². The highest BCUT2D eigenvalue weighted by molar-refractivity contribution is 7.85. The summed E-state index contributed by atoms with van der Waals surface area (Å²) in [5.74, 6) is -1.01. The number of hydrogen-bond acceptors (Lipinski definition) is 16. The van der Waals surface area contributed by atoms with E-state index in [0.717, 1.165) is 16.7 Å². The molecule has 0 saturated carbocycles. The molecule has 4 aliphatic rings. The molecule has 4 amide bonds. The largest absolute Gasteiger partial charge is 0.504 e. The van der Waals surface area contributed by atoms with Crippen molar-refractivity contribution in [3.63, 3.8) is 0 Å². The number of aliphatic imine (C=N–C) groups is 2. The van der Waals surface area contributed by atoms with Crippen molar-refractivity contribution in [3.05, 3.63) is 119 Å². The maximum absolute atomic E-state index is 13.8. The first-order valence-electron chi connectivity index (χ1n) is 22.8. The quantitative estimate of drug-likeness (QED) is 0.0720. The molecule has 74 heavy (non-hydrogen) atoms. The van der Waals surface area contributed by atoms with Gasteiger partial charge in [0.15, 0.2) is 23.0 Å². The molecule has 9 rings (SSSR count). The minimum Gasteiger partial charge on any atom is -0.504 e. The normalized spacial score (nSPS) is 15.3. The van der Waals surface area contributed by atoms with Gasteiger partial charge in [-0.15, -0.1) is 0 Å². The fourth-order valence-electron chi connectivity index (χ4n) is 8.33. The summed E-state index contributed by atoms with van der Waals surface area (Å²) in [6.45, 7) is 0.351. The highest BCUT2D eigenvalue weighted by Crippen LogP contribution is 2.43. The van der Waals surface area contributed by atoms with E-state index in [0.29, 0.717) is 82.5 Å². The summed E-state index contributed by atoms with van der Waals surface area (Å²) < 4.78 is 51.7. The van der Waals surface area contributed by atoms with Crippen molar-refractivity contribution in [2.45, 2.75) is 57.2 Å². The predicted octanol–water partition coefficient (Wildman–Crippen LogP) is 6.54. The lowest BCUT2D eigenvalue weighted by atomic mass is 10.1. The van der Waals surface area contributed by atoms with Crippen molar-refractivity contribution in [2.75, 3.05) is 55.1 Å². The second-order valence-electron chi connectivity index (χ2n) is 17.0. The SMILES string of the molecule is COC(=O)CCC(=O)Nc1ccc2c(c1)N1C(=O)c3cc(OC)c(O)cc3N=CC1C2.COC(=O)CCC(=O)Nc1ccc2c(c1)N1C(=O)c3cc(OC)c(OCc4ccccc4)cc3N=CC1C2.CS(=O)(=O)O. The second-order valence-corrected chi connectivity index (χ2v) is 18.4. The Morgan fingerprint density at radius 1 is 0.635 bits per heavy atom.